The zero-order valence-electron chi connectivity index (χ0n) is 10.6. The van der Waals surface area contributed by atoms with E-state index in [1.807, 2.05) is 17.9 Å². The number of aromatic nitrogens is 2. The van der Waals surface area contributed by atoms with Crippen LogP contribution in [0.4, 0.5) is 0 Å². The number of rotatable bonds is 5. The van der Waals surface area contributed by atoms with Gasteiger partial charge in [0.25, 0.3) is 0 Å². The second-order valence-electron chi connectivity index (χ2n) is 4.50. The van der Waals surface area contributed by atoms with Gasteiger partial charge < -0.3 is 5.32 Å². The molecule has 0 bridgehead atoms. The SMILES string of the molecule is CC(Cc1ccsc1)NC(C)c1ccnn1C. The van der Waals surface area contributed by atoms with Crippen LogP contribution in [-0.2, 0) is 13.5 Å². The minimum Gasteiger partial charge on any atom is -0.306 e. The Bertz CT molecular complexity index is 447. The van der Waals surface area contributed by atoms with E-state index >= 15 is 0 Å². The fourth-order valence-electron chi connectivity index (χ4n) is 2.14. The minimum atomic E-state index is 0.330. The summed E-state index contributed by atoms with van der Waals surface area (Å²) in [5.74, 6) is 0. The molecule has 2 aromatic heterocycles. The topological polar surface area (TPSA) is 29.9 Å². The Balaban J connectivity index is 1.90. The predicted octanol–water partition coefficient (Wildman–Crippen LogP) is 2.76. The zero-order chi connectivity index (χ0) is 12.3. The van der Waals surface area contributed by atoms with Gasteiger partial charge in [0.1, 0.15) is 0 Å². The molecule has 2 rings (SSSR count). The van der Waals surface area contributed by atoms with Crippen LogP contribution in [0.5, 0.6) is 0 Å². The standard InChI is InChI=1S/C13H19N3S/c1-10(8-12-5-7-17-9-12)15-11(2)13-4-6-14-16(13)3/h4-7,9-11,15H,8H2,1-3H3. The first-order valence-corrected chi connectivity index (χ1v) is 6.86. The largest absolute Gasteiger partial charge is 0.306 e. The first-order valence-electron chi connectivity index (χ1n) is 5.92. The Morgan fingerprint density at radius 3 is 2.82 bits per heavy atom. The van der Waals surface area contributed by atoms with Crippen LogP contribution in [-0.4, -0.2) is 15.8 Å². The third-order valence-electron chi connectivity index (χ3n) is 2.96. The Morgan fingerprint density at radius 2 is 2.24 bits per heavy atom. The molecule has 0 radical (unpaired) electrons. The maximum atomic E-state index is 4.20. The van der Waals surface area contributed by atoms with Gasteiger partial charge in [-0.05, 0) is 48.7 Å². The molecule has 2 heterocycles. The molecule has 3 nitrogen and oxygen atoms in total. The molecule has 0 aliphatic heterocycles. The summed E-state index contributed by atoms with van der Waals surface area (Å²) < 4.78 is 1.93. The zero-order valence-corrected chi connectivity index (χ0v) is 11.4. The lowest BCUT2D eigenvalue weighted by molar-refractivity contribution is 0.456. The van der Waals surface area contributed by atoms with Gasteiger partial charge in [-0.2, -0.15) is 16.4 Å². The number of nitrogens with zero attached hydrogens (tertiary/aromatic N) is 2. The van der Waals surface area contributed by atoms with Gasteiger partial charge in [0.2, 0.25) is 0 Å². The summed E-state index contributed by atoms with van der Waals surface area (Å²) in [6, 6.07) is 5.05. The smallest absolute Gasteiger partial charge is 0.0547 e. The van der Waals surface area contributed by atoms with Crippen LogP contribution in [0, 0.1) is 0 Å². The van der Waals surface area contributed by atoms with E-state index in [9.17, 15) is 0 Å². The molecule has 2 unspecified atom stereocenters. The Hall–Kier alpha value is -1.13. The summed E-state index contributed by atoms with van der Waals surface area (Å²) in [6.07, 6.45) is 2.92. The highest BCUT2D eigenvalue weighted by Crippen LogP contribution is 2.14. The Kier molecular flexibility index (Phi) is 3.97. The molecule has 1 N–H and O–H groups in total. The van der Waals surface area contributed by atoms with Crippen LogP contribution in [0.25, 0.3) is 0 Å². The van der Waals surface area contributed by atoms with E-state index in [0.717, 1.165) is 6.42 Å². The second kappa shape index (κ2) is 5.47. The molecule has 0 amide bonds. The van der Waals surface area contributed by atoms with Crippen molar-refractivity contribution in [3.05, 3.63) is 40.3 Å². The quantitative estimate of drug-likeness (QED) is 0.883. The summed E-state index contributed by atoms with van der Waals surface area (Å²) in [4.78, 5) is 0. The lowest BCUT2D eigenvalue weighted by Gasteiger charge is -2.19. The van der Waals surface area contributed by atoms with Crippen molar-refractivity contribution in [1.29, 1.82) is 0 Å². The molecule has 92 valence electrons. The molecule has 0 fully saturated rings. The number of aryl methyl sites for hydroxylation is 1. The maximum Gasteiger partial charge on any atom is 0.0547 e. The summed E-state index contributed by atoms with van der Waals surface area (Å²) in [5.41, 5.74) is 2.63. The maximum absolute atomic E-state index is 4.20. The average molecular weight is 249 g/mol. The van der Waals surface area contributed by atoms with E-state index in [1.165, 1.54) is 11.3 Å². The molecule has 4 heteroatoms. The highest BCUT2D eigenvalue weighted by atomic mass is 32.1. The Labute approximate surface area is 106 Å². The van der Waals surface area contributed by atoms with Crippen LogP contribution >= 0.6 is 11.3 Å². The van der Waals surface area contributed by atoms with Gasteiger partial charge in [0, 0.05) is 25.3 Å². The van der Waals surface area contributed by atoms with Crippen LogP contribution in [0.3, 0.4) is 0 Å². The molecule has 0 aliphatic rings. The predicted molar refractivity (Wildman–Crippen MR) is 72.2 cm³/mol. The molecular weight excluding hydrogens is 230 g/mol. The van der Waals surface area contributed by atoms with Crippen molar-refractivity contribution >= 4 is 11.3 Å². The van der Waals surface area contributed by atoms with Gasteiger partial charge in [-0.25, -0.2) is 0 Å². The van der Waals surface area contributed by atoms with Crippen molar-refractivity contribution in [2.24, 2.45) is 7.05 Å². The second-order valence-corrected chi connectivity index (χ2v) is 5.28. The highest BCUT2D eigenvalue weighted by molar-refractivity contribution is 7.07. The Morgan fingerprint density at radius 1 is 1.41 bits per heavy atom. The van der Waals surface area contributed by atoms with Crippen LogP contribution in [0.2, 0.25) is 0 Å². The number of thiophene rings is 1. The van der Waals surface area contributed by atoms with E-state index in [-0.39, 0.29) is 0 Å². The normalized spacial score (nSPS) is 14.8. The average Bonchev–Trinajstić information content (AvgIpc) is 2.88. The summed E-state index contributed by atoms with van der Waals surface area (Å²) in [7, 11) is 1.98. The number of hydrogen-bond acceptors (Lipinski definition) is 3. The summed E-state index contributed by atoms with van der Waals surface area (Å²) >= 11 is 1.76. The molecule has 0 aliphatic carbocycles. The van der Waals surface area contributed by atoms with Crippen molar-refractivity contribution in [3.8, 4) is 0 Å². The highest BCUT2D eigenvalue weighted by Gasteiger charge is 2.12. The van der Waals surface area contributed by atoms with Gasteiger partial charge in [0.05, 0.1) is 5.69 Å². The number of hydrogen-bond donors (Lipinski definition) is 1. The molecule has 0 saturated carbocycles. The van der Waals surface area contributed by atoms with Gasteiger partial charge >= 0.3 is 0 Å². The lowest BCUT2D eigenvalue weighted by Crippen LogP contribution is -2.31. The fourth-order valence-corrected chi connectivity index (χ4v) is 2.82. The molecule has 0 aromatic carbocycles. The summed E-state index contributed by atoms with van der Waals surface area (Å²) in [6.45, 7) is 4.41. The van der Waals surface area contributed by atoms with Gasteiger partial charge in [-0.1, -0.05) is 0 Å². The molecule has 2 aromatic rings. The van der Waals surface area contributed by atoms with E-state index in [4.69, 9.17) is 0 Å². The van der Waals surface area contributed by atoms with Gasteiger partial charge in [-0.15, -0.1) is 0 Å². The van der Waals surface area contributed by atoms with E-state index < -0.39 is 0 Å². The van der Waals surface area contributed by atoms with E-state index in [1.54, 1.807) is 11.3 Å². The van der Waals surface area contributed by atoms with Crippen LogP contribution < -0.4 is 5.32 Å². The molecule has 2 atom stereocenters. The molecule has 0 spiro atoms. The van der Waals surface area contributed by atoms with E-state index in [0.29, 0.717) is 12.1 Å². The van der Waals surface area contributed by atoms with Crippen molar-refractivity contribution in [2.75, 3.05) is 0 Å². The first kappa shape index (κ1) is 12.3. The van der Waals surface area contributed by atoms with Gasteiger partial charge in [-0.3, -0.25) is 4.68 Å². The molecule has 17 heavy (non-hydrogen) atoms. The third kappa shape index (κ3) is 3.17. The van der Waals surface area contributed by atoms with Crippen LogP contribution in [0.15, 0.2) is 29.1 Å². The van der Waals surface area contributed by atoms with Crippen molar-refractivity contribution < 1.29 is 0 Å². The monoisotopic (exact) mass is 249 g/mol. The van der Waals surface area contributed by atoms with Crippen molar-refractivity contribution in [3.63, 3.8) is 0 Å². The number of nitrogens with one attached hydrogen (secondary N) is 1. The molecule has 0 saturated heterocycles. The van der Waals surface area contributed by atoms with Crippen molar-refractivity contribution in [2.45, 2.75) is 32.4 Å². The fraction of sp³-hybridized carbons (Fsp3) is 0.462. The first-order chi connectivity index (χ1) is 8.16. The lowest BCUT2D eigenvalue weighted by atomic mass is 10.1. The third-order valence-corrected chi connectivity index (χ3v) is 3.69. The minimum absolute atomic E-state index is 0.330. The van der Waals surface area contributed by atoms with Gasteiger partial charge in [0.15, 0.2) is 0 Å². The van der Waals surface area contributed by atoms with E-state index in [2.05, 4.69) is 47.2 Å². The van der Waals surface area contributed by atoms with Crippen LogP contribution in [0.1, 0.15) is 31.1 Å². The molecular formula is C13H19N3S. The summed E-state index contributed by atoms with van der Waals surface area (Å²) in [5, 5.41) is 12.2. The van der Waals surface area contributed by atoms with Crippen molar-refractivity contribution in [1.82, 2.24) is 15.1 Å².